The van der Waals surface area contributed by atoms with Crippen molar-refractivity contribution in [2.24, 2.45) is 17.1 Å². The van der Waals surface area contributed by atoms with Crippen LogP contribution >= 0.6 is 0 Å². The molecule has 7 heteroatoms. The number of hydrogen-bond donors (Lipinski definition) is 1. The molecule has 1 aliphatic carbocycles. The van der Waals surface area contributed by atoms with E-state index in [0.717, 1.165) is 32.0 Å². The van der Waals surface area contributed by atoms with Gasteiger partial charge in [-0.25, -0.2) is 0 Å². The Morgan fingerprint density at radius 2 is 1.58 bits per heavy atom. The summed E-state index contributed by atoms with van der Waals surface area (Å²) in [6.07, 6.45) is 5.20. The van der Waals surface area contributed by atoms with E-state index in [1.807, 2.05) is 0 Å². The molecule has 1 spiro atoms. The highest BCUT2D eigenvalue weighted by atomic mass is 16.7. The highest BCUT2D eigenvalue weighted by Crippen LogP contribution is 2.55. The van der Waals surface area contributed by atoms with Crippen LogP contribution in [0.2, 0.25) is 6.32 Å². The van der Waals surface area contributed by atoms with Gasteiger partial charge in [-0.15, -0.1) is 0 Å². The number of carbonyl (C=O) groups is 2. The van der Waals surface area contributed by atoms with Crippen molar-refractivity contribution in [2.75, 3.05) is 13.1 Å². The van der Waals surface area contributed by atoms with Crippen LogP contribution in [0.5, 0.6) is 0 Å². The number of rotatable bonds is 2. The van der Waals surface area contributed by atoms with Crippen LogP contribution < -0.4 is 5.73 Å². The standard InChI is InChI=1S/C17H29BN2O4/c1-15(2)16(3,4)24-18(23-15)11-12-9-17(10-12)5-7-20(8-6-17)14(22)13(19)21/h12H,5-11H2,1-4H3,(H2,19,21). The van der Waals surface area contributed by atoms with E-state index >= 15 is 0 Å². The van der Waals surface area contributed by atoms with E-state index in [1.165, 1.54) is 0 Å². The zero-order valence-corrected chi connectivity index (χ0v) is 15.3. The summed E-state index contributed by atoms with van der Waals surface area (Å²) < 4.78 is 12.2. The predicted molar refractivity (Wildman–Crippen MR) is 91.1 cm³/mol. The first kappa shape index (κ1) is 17.7. The number of piperidine rings is 1. The Morgan fingerprint density at radius 1 is 1.08 bits per heavy atom. The van der Waals surface area contributed by atoms with E-state index in [1.54, 1.807) is 4.90 Å². The first-order valence-corrected chi connectivity index (χ1v) is 8.98. The Labute approximate surface area is 144 Å². The minimum absolute atomic E-state index is 0.117. The molecule has 134 valence electrons. The van der Waals surface area contributed by atoms with Gasteiger partial charge in [-0.3, -0.25) is 9.59 Å². The van der Waals surface area contributed by atoms with Gasteiger partial charge in [0.05, 0.1) is 11.2 Å². The van der Waals surface area contributed by atoms with Crippen LogP contribution in [0, 0.1) is 11.3 Å². The Kier molecular flexibility index (Phi) is 4.24. The first-order chi connectivity index (χ1) is 11.0. The quantitative estimate of drug-likeness (QED) is 0.613. The van der Waals surface area contributed by atoms with Crippen molar-refractivity contribution in [3.8, 4) is 0 Å². The van der Waals surface area contributed by atoms with Gasteiger partial charge in [-0.05, 0) is 71.0 Å². The highest BCUT2D eigenvalue weighted by Gasteiger charge is 2.54. The minimum Gasteiger partial charge on any atom is -0.403 e. The molecule has 2 amide bonds. The lowest BCUT2D eigenvalue weighted by atomic mass is 9.53. The van der Waals surface area contributed by atoms with Crippen molar-refractivity contribution in [3.05, 3.63) is 0 Å². The maximum atomic E-state index is 11.6. The lowest BCUT2D eigenvalue weighted by molar-refractivity contribution is -0.146. The van der Waals surface area contributed by atoms with E-state index in [2.05, 4.69) is 27.7 Å². The second-order valence-electron chi connectivity index (χ2n) is 8.85. The average Bonchev–Trinajstić information content (AvgIpc) is 2.64. The van der Waals surface area contributed by atoms with Gasteiger partial charge in [0.2, 0.25) is 0 Å². The normalized spacial score (nSPS) is 28.0. The number of carbonyl (C=O) groups excluding carboxylic acids is 2. The zero-order valence-electron chi connectivity index (χ0n) is 15.3. The molecule has 0 atom stereocenters. The lowest BCUT2D eigenvalue weighted by Gasteiger charge is -2.52. The molecule has 3 aliphatic rings. The zero-order chi connectivity index (χ0) is 17.8. The fourth-order valence-corrected chi connectivity index (χ4v) is 4.41. The maximum absolute atomic E-state index is 11.6. The lowest BCUT2D eigenvalue weighted by Crippen LogP contribution is -2.51. The fraction of sp³-hybridized carbons (Fsp3) is 0.882. The summed E-state index contributed by atoms with van der Waals surface area (Å²) in [6.45, 7) is 9.62. The molecule has 2 saturated heterocycles. The molecular weight excluding hydrogens is 307 g/mol. The Bertz CT molecular complexity index is 517. The van der Waals surface area contributed by atoms with Crippen molar-refractivity contribution in [1.82, 2.24) is 4.90 Å². The largest absolute Gasteiger partial charge is 0.458 e. The van der Waals surface area contributed by atoms with Crippen molar-refractivity contribution in [3.63, 3.8) is 0 Å². The van der Waals surface area contributed by atoms with Crippen LogP contribution in [-0.4, -0.2) is 48.1 Å². The van der Waals surface area contributed by atoms with E-state index in [0.29, 0.717) is 24.4 Å². The molecule has 0 radical (unpaired) electrons. The molecule has 0 bridgehead atoms. The fourth-order valence-electron chi connectivity index (χ4n) is 4.41. The van der Waals surface area contributed by atoms with Crippen LogP contribution in [0.15, 0.2) is 0 Å². The van der Waals surface area contributed by atoms with Gasteiger partial charge in [-0.1, -0.05) is 0 Å². The van der Waals surface area contributed by atoms with Gasteiger partial charge in [0.25, 0.3) is 0 Å². The summed E-state index contributed by atoms with van der Waals surface area (Å²) in [7, 11) is -0.117. The van der Waals surface area contributed by atoms with Crippen molar-refractivity contribution < 1.29 is 18.9 Å². The molecule has 6 nitrogen and oxygen atoms in total. The SMILES string of the molecule is CC1(C)OB(CC2CC3(CCN(C(=O)C(N)=O)CC3)C2)OC1(C)C. The monoisotopic (exact) mass is 336 g/mol. The van der Waals surface area contributed by atoms with Gasteiger partial charge in [-0.2, -0.15) is 0 Å². The third kappa shape index (κ3) is 3.08. The van der Waals surface area contributed by atoms with Crippen LogP contribution in [0.1, 0.15) is 53.4 Å². The van der Waals surface area contributed by atoms with E-state index < -0.39 is 11.8 Å². The minimum atomic E-state index is -0.849. The predicted octanol–water partition coefficient (Wildman–Crippen LogP) is 1.58. The highest BCUT2D eigenvalue weighted by molar-refractivity contribution is 6.45. The number of primary amides is 1. The first-order valence-electron chi connectivity index (χ1n) is 8.98. The van der Waals surface area contributed by atoms with Crippen LogP contribution in [0.25, 0.3) is 0 Å². The van der Waals surface area contributed by atoms with Crippen LogP contribution in [0.3, 0.4) is 0 Å². The van der Waals surface area contributed by atoms with Gasteiger partial charge in [0.15, 0.2) is 0 Å². The number of nitrogens with zero attached hydrogens (tertiary/aromatic N) is 1. The molecule has 0 aromatic carbocycles. The van der Waals surface area contributed by atoms with Crippen LogP contribution in [0.4, 0.5) is 0 Å². The van der Waals surface area contributed by atoms with E-state index in [-0.39, 0.29) is 18.3 Å². The molecule has 2 N–H and O–H groups in total. The molecule has 3 rings (SSSR count). The number of nitrogens with two attached hydrogens (primary N) is 1. The second kappa shape index (κ2) is 5.73. The number of hydrogen-bond acceptors (Lipinski definition) is 4. The molecule has 0 aromatic rings. The molecule has 2 aliphatic heterocycles. The molecular formula is C17H29BN2O4. The second-order valence-corrected chi connectivity index (χ2v) is 8.85. The van der Waals surface area contributed by atoms with Gasteiger partial charge < -0.3 is 19.9 Å². The smallest absolute Gasteiger partial charge is 0.403 e. The third-order valence-electron chi connectivity index (χ3n) is 6.59. The number of likely N-dealkylation sites (tertiary alicyclic amines) is 1. The van der Waals surface area contributed by atoms with E-state index in [4.69, 9.17) is 15.0 Å². The molecule has 1 saturated carbocycles. The molecule has 0 unspecified atom stereocenters. The molecule has 2 heterocycles. The summed E-state index contributed by atoms with van der Waals surface area (Å²) in [5.41, 5.74) is 4.89. The Morgan fingerprint density at radius 3 is 2.04 bits per heavy atom. The maximum Gasteiger partial charge on any atom is 0.458 e. The third-order valence-corrected chi connectivity index (χ3v) is 6.59. The van der Waals surface area contributed by atoms with Crippen molar-refractivity contribution in [2.45, 2.75) is 70.9 Å². The summed E-state index contributed by atoms with van der Waals surface area (Å²) >= 11 is 0. The Balaban J connectivity index is 1.46. The average molecular weight is 336 g/mol. The summed E-state index contributed by atoms with van der Waals surface area (Å²) in [5.74, 6) is -0.769. The van der Waals surface area contributed by atoms with Crippen LogP contribution in [-0.2, 0) is 18.9 Å². The topological polar surface area (TPSA) is 81.9 Å². The summed E-state index contributed by atoms with van der Waals surface area (Å²) in [6, 6.07) is 0. The summed E-state index contributed by atoms with van der Waals surface area (Å²) in [5, 5.41) is 0. The number of amides is 2. The van der Waals surface area contributed by atoms with Crippen molar-refractivity contribution in [1.29, 1.82) is 0 Å². The Hall–Kier alpha value is -1.08. The molecule has 0 aromatic heterocycles. The van der Waals surface area contributed by atoms with Crippen molar-refractivity contribution >= 4 is 18.9 Å². The van der Waals surface area contributed by atoms with E-state index in [9.17, 15) is 9.59 Å². The van der Waals surface area contributed by atoms with Gasteiger partial charge in [0.1, 0.15) is 0 Å². The summed E-state index contributed by atoms with van der Waals surface area (Å²) in [4.78, 5) is 24.2. The van der Waals surface area contributed by atoms with Gasteiger partial charge in [0, 0.05) is 13.1 Å². The molecule has 3 fully saturated rings. The molecule has 24 heavy (non-hydrogen) atoms. The van der Waals surface area contributed by atoms with Gasteiger partial charge >= 0.3 is 18.9 Å².